The summed E-state index contributed by atoms with van der Waals surface area (Å²) in [5.74, 6) is -0.172. The van der Waals surface area contributed by atoms with Crippen molar-refractivity contribution in [1.29, 1.82) is 0 Å². The van der Waals surface area contributed by atoms with E-state index in [1.165, 1.54) is 18.2 Å². The van der Waals surface area contributed by atoms with Gasteiger partial charge in [0.1, 0.15) is 5.82 Å². The van der Waals surface area contributed by atoms with Crippen LogP contribution in [0.25, 0.3) is 0 Å². The fourth-order valence-electron chi connectivity index (χ4n) is 1.99. The number of amides is 1. The number of hydrogen-bond donors (Lipinski definition) is 3. The van der Waals surface area contributed by atoms with Gasteiger partial charge in [-0.15, -0.1) is 0 Å². The summed E-state index contributed by atoms with van der Waals surface area (Å²) in [4.78, 5) is 19.8. The lowest BCUT2D eigenvalue weighted by Crippen LogP contribution is -2.27. The molecule has 122 valence electrons. The molecular formula is C16H19FN4O2. The van der Waals surface area contributed by atoms with Crippen molar-refractivity contribution >= 4 is 11.9 Å². The van der Waals surface area contributed by atoms with E-state index < -0.39 is 11.9 Å². The summed E-state index contributed by atoms with van der Waals surface area (Å²) in [6.45, 7) is 1.09. The highest BCUT2D eigenvalue weighted by molar-refractivity contribution is 5.76. The van der Waals surface area contributed by atoms with Crippen LogP contribution in [0.4, 0.5) is 10.3 Å². The van der Waals surface area contributed by atoms with Gasteiger partial charge in [0.15, 0.2) is 0 Å². The third-order valence-corrected chi connectivity index (χ3v) is 3.14. The number of aliphatic hydroxyl groups excluding tert-OH is 1. The fraction of sp³-hybridized carbons (Fsp3) is 0.312. The summed E-state index contributed by atoms with van der Waals surface area (Å²) in [6.07, 6.45) is 2.87. The molecule has 23 heavy (non-hydrogen) atoms. The van der Waals surface area contributed by atoms with Gasteiger partial charge in [0.25, 0.3) is 0 Å². The second-order valence-electron chi connectivity index (χ2n) is 4.98. The van der Waals surface area contributed by atoms with Crippen LogP contribution in [0.15, 0.2) is 42.7 Å². The van der Waals surface area contributed by atoms with E-state index in [9.17, 15) is 14.3 Å². The summed E-state index contributed by atoms with van der Waals surface area (Å²) in [6, 6.07) is 7.34. The first-order valence-corrected chi connectivity index (χ1v) is 7.36. The van der Waals surface area contributed by atoms with Crippen molar-refractivity contribution in [3.8, 4) is 0 Å². The summed E-state index contributed by atoms with van der Waals surface area (Å²) < 4.78 is 13.1. The molecule has 1 aromatic heterocycles. The van der Waals surface area contributed by atoms with Crippen molar-refractivity contribution in [2.75, 3.05) is 18.4 Å². The highest BCUT2D eigenvalue weighted by Crippen LogP contribution is 2.17. The Morgan fingerprint density at radius 3 is 2.74 bits per heavy atom. The Morgan fingerprint density at radius 1 is 1.22 bits per heavy atom. The van der Waals surface area contributed by atoms with E-state index in [1.807, 2.05) is 0 Å². The van der Waals surface area contributed by atoms with E-state index in [0.29, 0.717) is 31.0 Å². The molecule has 0 aliphatic rings. The predicted octanol–water partition coefficient (Wildman–Crippen LogP) is 1.66. The number of rotatable bonds is 8. The number of hydrogen-bond acceptors (Lipinski definition) is 5. The minimum Gasteiger partial charge on any atom is -0.388 e. The van der Waals surface area contributed by atoms with Gasteiger partial charge < -0.3 is 15.7 Å². The van der Waals surface area contributed by atoms with Gasteiger partial charge in [0.05, 0.1) is 12.5 Å². The third kappa shape index (κ3) is 5.99. The monoisotopic (exact) mass is 318 g/mol. The van der Waals surface area contributed by atoms with E-state index in [0.717, 1.165) is 0 Å². The zero-order valence-corrected chi connectivity index (χ0v) is 12.6. The molecule has 0 fully saturated rings. The van der Waals surface area contributed by atoms with Crippen molar-refractivity contribution in [2.24, 2.45) is 0 Å². The molecule has 0 saturated carbocycles. The first-order chi connectivity index (χ1) is 11.1. The number of halogens is 1. The first kappa shape index (κ1) is 16.8. The van der Waals surface area contributed by atoms with Crippen LogP contribution in [-0.4, -0.2) is 34.1 Å². The molecule has 6 nitrogen and oxygen atoms in total. The molecule has 2 aromatic rings. The Balaban J connectivity index is 1.63. The molecule has 2 rings (SSSR count). The van der Waals surface area contributed by atoms with Crippen LogP contribution in [-0.2, 0) is 4.79 Å². The number of carbonyl (C=O) groups is 1. The summed E-state index contributed by atoms with van der Waals surface area (Å²) >= 11 is 0. The number of anilines is 1. The minimum atomic E-state index is -1.01. The SMILES string of the molecule is O=C(CC(O)c1cccc(F)c1)NCCCNc1ncccn1. The van der Waals surface area contributed by atoms with E-state index in [-0.39, 0.29) is 12.3 Å². The van der Waals surface area contributed by atoms with Crippen molar-refractivity contribution in [3.05, 3.63) is 54.1 Å². The largest absolute Gasteiger partial charge is 0.388 e. The second-order valence-corrected chi connectivity index (χ2v) is 4.98. The van der Waals surface area contributed by atoms with E-state index >= 15 is 0 Å². The Bertz CT molecular complexity index is 624. The van der Waals surface area contributed by atoms with Crippen LogP contribution < -0.4 is 10.6 Å². The molecule has 7 heteroatoms. The molecule has 0 aliphatic carbocycles. The van der Waals surface area contributed by atoms with E-state index in [1.54, 1.807) is 24.5 Å². The zero-order chi connectivity index (χ0) is 16.5. The lowest BCUT2D eigenvalue weighted by Gasteiger charge is -2.11. The quantitative estimate of drug-likeness (QED) is 0.644. The molecule has 3 N–H and O–H groups in total. The van der Waals surface area contributed by atoms with Crippen molar-refractivity contribution in [2.45, 2.75) is 18.9 Å². The molecule has 1 atom stereocenters. The summed E-state index contributed by atoms with van der Waals surface area (Å²) in [7, 11) is 0. The van der Waals surface area contributed by atoms with Crippen molar-refractivity contribution in [1.82, 2.24) is 15.3 Å². The molecule has 0 saturated heterocycles. The predicted molar refractivity (Wildman–Crippen MR) is 84.1 cm³/mol. The van der Waals surface area contributed by atoms with Gasteiger partial charge in [-0.25, -0.2) is 14.4 Å². The molecular weight excluding hydrogens is 299 g/mol. The number of benzene rings is 1. The lowest BCUT2D eigenvalue weighted by atomic mass is 10.1. The minimum absolute atomic E-state index is 0.0985. The Hall–Kier alpha value is -2.54. The normalized spacial score (nSPS) is 11.7. The van der Waals surface area contributed by atoms with Gasteiger partial charge >= 0.3 is 0 Å². The number of aliphatic hydroxyl groups is 1. The van der Waals surface area contributed by atoms with Gasteiger partial charge in [-0.2, -0.15) is 0 Å². The maximum atomic E-state index is 13.1. The second kappa shape index (κ2) is 8.79. The van der Waals surface area contributed by atoms with Crippen molar-refractivity contribution in [3.63, 3.8) is 0 Å². The Labute approximate surface area is 133 Å². The number of nitrogens with zero attached hydrogens (tertiary/aromatic N) is 2. The maximum Gasteiger partial charge on any atom is 0.222 e. The highest BCUT2D eigenvalue weighted by Gasteiger charge is 2.13. The molecule has 1 amide bonds. The first-order valence-electron chi connectivity index (χ1n) is 7.36. The number of carbonyl (C=O) groups excluding carboxylic acids is 1. The fourth-order valence-corrected chi connectivity index (χ4v) is 1.99. The van der Waals surface area contributed by atoms with Gasteiger partial charge in [-0.3, -0.25) is 4.79 Å². The van der Waals surface area contributed by atoms with Crippen LogP contribution in [0.3, 0.4) is 0 Å². The topological polar surface area (TPSA) is 87.1 Å². The third-order valence-electron chi connectivity index (χ3n) is 3.14. The summed E-state index contributed by atoms with van der Waals surface area (Å²) in [5, 5.41) is 15.6. The van der Waals surface area contributed by atoms with Crippen LogP contribution >= 0.6 is 0 Å². The van der Waals surface area contributed by atoms with Crippen molar-refractivity contribution < 1.29 is 14.3 Å². The Morgan fingerprint density at radius 2 is 2.00 bits per heavy atom. The average Bonchev–Trinajstić information content (AvgIpc) is 2.55. The van der Waals surface area contributed by atoms with Gasteiger partial charge in [0.2, 0.25) is 11.9 Å². The van der Waals surface area contributed by atoms with E-state index in [4.69, 9.17) is 0 Å². The molecule has 0 spiro atoms. The summed E-state index contributed by atoms with van der Waals surface area (Å²) in [5.41, 5.74) is 0.392. The number of nitrogens with one attached hydrogen (secondary N) is 2. The van der Waals surface area contributed by atoms with Gasteiger partial charge in [-0.1, -0.05) is 12.1 Å². The molecule has 1 heterocycles. The van der Waals surface area contributed by atoms with Crippen LogP contribution in [0, 0.1) is 5.82 Å². The van der Waals surface area contributed by atoms with Gasteiger partial charge in [-0.05, 0) is 30.2 Å². The average molecular weight is 318 g/mol. The standard InChI is InChI=1S/C16H19FN4O2/c17-13-5-1-4-12(10-13)14(22)11-15(23)18-6-2-7-19-16-20-8-3-9-21-16/h1,3-5,8-10,14,22H,2,6-7,11H2,(H,18,23)(H,19,20,21). The van der Waals surface area contributed by atoms with E-state index in [2.05, 4.69) is 20.6 Å². The lowest BCUT2D eigenvalue weighted by molar-refractivity contribution is -0.123. The Kier molecular flexibility index (Phi) is 6.43. The molecule has 0 radical (unpaired) electrons. The highest BCUT2D eigenvalue weighted by atomic mass is 19.1. The van der Waals surface area contributed by atoms with Crippen LogP contribution in [0.5, 0.6) is 0 Å². The number of aromatic nitrogens is 2. The van der Waals surface area contributed by atoms with Crippen LogP contribution in [0.1, 0.15) is 24.5 Å². The maximum absolute atomic E-state index is 13.1. The smallest absolute Gasteiger partial charge is 0.222 e. The van der Waals surface area contributed by atoms with Gasteiger partial charge in [0, 0.05) is 25.5 Å². The molecule has 1 unspecified atom stereocenters. The molecule has 0 bridgehead atoms. The molecule has 0 aliphatic heterocycles. The zero-order valence-electron chi connectivity index (χ0n) is 12.6. The molecule has 1 aromatic carbocycles. The van der Waals surface area contributed by atoms with Crippen LogP contribution in [0.2, 0.25) is 0 Å².